The van der Waals surface area contributed by atoms with Crippen molar-refractivity contribution in [3.05, 3.63) is 65.1 Å². The fourth-order valence-corrected chi connectivity index (χ4v) is 4.56. The number of aromatic nitrogens is 1. The fourth-order valence-electron chi connectivity index (χ4n) is 4.38. The summed E-state index contributed by atoms with van der Waals surface area (Å²) >= 11 is 5.97. The maximum absolute atomic E-state index is 13.7. The van der Waals surface area contributed by atoms with Crippen LogP contribution in [0, 0.1) is 17.1 Å². The standard InChI is InChI=1S/C30H33ClFN5O4/c31-24-14-21(7-8-25(24)32)36-30-20(17-33)18-35-26-16-28(41-22-9-13-40-19-22)27(15-23(26)30)37-29(39)6-5-11-34-10-3-1-2-4-12-38/h5-8,14-16,18,22,34,38H,1-4,9-13,19H2,(H,35,36)(H,37,39)/b6-5+/t22-/m0/s1. The Bertz CT molecular complexity index is 1420. The van der Waals surface area contributed by atoms with Gasteiger partial charge in [0.15, 0.2) is 0 Å². The molecule has 1 aliphatic rings. The summed E-state index contributed by atoms with van der Waals surface area (Å²) in [6.07, 6.45) is 9.06. The Morgan fingerprint density at radius 1 is 1.27 bits per heavy atom. The van der Waals surface area contributed by atoms with Crippen LogP contribution in [0.15, 0.2) is 48.7 Å². The molecule has 1 aromatic heterocycles. The highest BCUT2D eigenvalue weighted by molar-refractivity contribution is 6.31. The second kappa shape index (κ2) is 15.3. The summed E-state index contributed by atoms with van der Waals surface area (Å²) in [4.78, 5) is 17.3. The lowest BCUT2D eigenvalue weighted by Gasteiger charge is -2.18. The zero-order chi connectivity index (χ0) is 29.0. The Morgan fingerprint density at radius 3 is 2.88 bits per heavy atom. The third-order valence-corrected chi connectivity index (χ3v) is 6.80. The van der Waals surface area contributed by atoms with Crippen LogP contribution < -0.4 is 20.7 Å². The molecule has 0 saturated carbocycles. The van der Waals surface area contributed by atoms with Crippen LogP contribution in [-0.2, 0) is 9.53 Å². The maximum atomic E-state index is 13.7. The van der Waals surface area contributed by atoms with Crippen molar-refractivity contribution >= 4 is 45.5 Å². The van der Waals surface area contributed by atoms with Crippen molar-refractivity contribution in [3.8, 4) is 11.8 Å². The summed E-state index contributed by atoms with van der Waals surface area (Å²) in [5, 5.41) is 28.4. The minimum atomic E-state index is -0.554. The summed E-state index contributed by atoms with van der Waals surface area (Å²) < 4.78 is 25.4. The Balaban J connectivity index is 1.56. The van der Waals surface area contributed by atoms with Crippen molar-refractivity contribution in [2.75, 3.05) is 43.5 Å². The number of carbonyl (C=O) groups is 1. The largest absolute Gasteiger partial charge is 0.486 e. The number of ether oxygens (including phenoxy) is 2. The summed E-state index contributed by atoms with van der Waals surface area (Å²) in [6.45, 7) is 2.62. The quantitative estimate of drug-likeness (QED) is 0.146. The third kappa shape index (κ3) is 8.62. The molecule has 2 heterocycles. The minimum absolute atomic E-state index is 0.0581. The van der Waals surface area contributed by atoms with Gasteiger partial charge in [-0.2, -0.15) is 5.26 Å². The van der Waals surface area contributed by atoms with Gasteiger partial charge in [-0.25, -0.2) is 4.39 Å². The molecule has 1 atom stereocenters. The predicted molar refractivity (Wildman–Crippen MR) is 157 cm³/mol. The summed E-state index contributed by atoms with van der Waals surface area (Å²) in [7, 11) is 0. The molecule has 1 saturated heterocycles. The van der Waals surface area contributed by atoms with Crippen LogP contribution in [0.1, 0.15) is 37.7 Å². The number of nitrogens with zero attached hydrogens (tertiary/aromatic N) is 2. The first-order valence-electron chi connectivity index (χ1n) is 13.6. The molecular weight excluding hydrogens is 549 g/mol. The lowest BCUT2D eigenvalue weighted by Crippen LogP contribution is -2.18. The van der Waals surface area contributed by atoms with E-state index in [0.29, 0.717) is 53.5 Å². The van der Waals surface area contributed by atoms with Crippen LogP contribution in [0.5, 0.6) is 5.75 Å². The van der Waals surface area contributed by atoms with Gasteiger partial charge in [-0.1, -0.05) is 30.5 Å². The van der Waals surface area contributed by atoms with E-state index in [4.69, 9.17) is 26.2 Å². The van der Waals surface area contributed by atoms with E-state index in [1.807, 2.05) is 0 Å². The number of carbonyl (C=O) groups excluding carboxylic acids is 1. The number of rotatable bonds is 14. The third-order valence-electron chi connectivity index (χ3n) is 6.51. The van der Waals surface area contributed by atoms with Crippen LogP contribution in [-0.4, -0.2) is 55.0 Å². The monoisotopic (exact) mass is 581 g/mol. The normalized spacial score (nSPS) is 14.8. The molecule has 0 unspecified atom stereocenters. The van der Waals surface area contributed by atoms with E-state index < -0.39 is 5.82 Å². The highest BCUT2D eigenvalue weighted by atomic mass is 35.5. The van der Waals surface area contributed by atoms with Gasteiger partial charge >= 0.3 is 0 Å². The van der Waals surface area contributed by atoms with E-state index in [0.717, 1.165) is 38.6 Å². The van der Waals surface area contributed by atoms with E-state index >= 15 is 0 Å². The molecule has 4 N–H and O–H groups in total. The lowest BCUT2D eigenvalue weighted by atomic mass is 10.1. The van der Waals surface area contributed by atoms with E-state index in [9.17, 15) is 14.4 Å². The van der Waals surface area contributed by atoms with E-state index in [1.165, 1.54) is 30.5 Å². The predicted octanol–water partition coefficient (Wildman–Crippen LogP) is 5.45. The van der Waals surface area contributed by atoms with E-state index in [1.54, 1.807) is 18.2 Å². The van der Waals surface area contributed by atoms with Gasteiger partial charge in [0, 0.05) is 49.0 Å². The van der Waals surface area contributed by atoms with Gasteiger partial charge in [0.05, 0.1) is 40.7 Å². The van der Waals surface area contributed by atoms with Crippen molar-refractivity contribution in [1.82, 2.24) is 10.3 Å². The van der Waals surface area contributed by atoms with Crippen LogP contribution >= 0.6 is 11.6 Å². The molecule has 0 aliphatic carbocycles. The second-order valence-electron chi connectivity index (χ2n) is 9.62. The molecule has 2 aromatic carbocycles. The summed E-state index contributed by atoms with van der Waals surface area (Å²) in [6, 6.07) is 9.74. The molecule has 1 fully saturated rings. The molecule has 9 nitrogen and oxygen atoms in total. The number of nitrogens with one attached hydrogen (secondary N) is 3. The number of hydrogen-bond acceptors (Lipinski definition) is 8. The minimum Gasteiger partial charge on any atom is -0.486 e. The molecule has 0 bridgehead atoms. The molecule has 4 rings (SSSR count). The molecule has 1 aliphatic heterocycles. The Hall–Kier alpha value is -3.75. The van der Waals surface area contributed by atoms with Crippen LogP contribution in [0.25, 0.3) is 10.9 Å². The average Bonchev–Trinajstić information content (AvgIpc) is 3.48. The first-order valence-corrected chi connectivity index (χ1v) is 14.0. The summed E-state index contributed by atoms with van der Waals surface area (Å²) in [5.41, 5.74) is 2.12. The SMILES string of the molecule is N#Cc1cnc2cc(O[C@H]3CCOC3)c(NC(=O)/C=C/CNCCCCCCO)cc2c1Nc1ccc(F)c(Cl)c1. The smallest absolute Gasteiger partial charge is 0.248 e. The molecule has 0 radical (unpaired) electrons. The highest BCUT2D eigenvalue weighted by Crippen LogP contribution is 2.37. The lowest BCUT2D eigenvalue weighted by molar-refractivity contribution is -0.111. The van der Waals surface area contributed by atoms with Crippen LogP contribution in [0.4, 0.5) is 21.5 Å². The molecule has 3 aromatic rings. The van der Waals surface area contributed by atoms with Gasteiger partial charge in [0.1, 0.15) is 23.7 Å². The van der Waals surface area contributed by atoms with Crippen molar-refractivity contribution < 1.29 is 23.8 Å². The second-order valence-corrected chi connectivity index (χ2v) is 10.0. The topological polar surface area (TPSA) is 129 Å². The number of aliphatic hydroxyl groups is 1. The van der Waals surface area contributed by atoms with E-state index in [2.05, 4.69) is 27.0 Å². The van der Waals surface area contributed by atoms with Crippen LogP contribution in [0.2, 0.25) is 5.02 Å². The molecular formula is C30H33ClFN5O4. The average molecular weight is 582 g/mol. The first kappa shape index (κ1) is 30.2. The highest BCUT2D eigenvalue weighted by Gasteiger charge is 2.21. The van der Waals surface area contributed by atoms with Gasteiger partial charge < -0.3 is 30.5 Å². The molecule has 0 spiro atoms. The van der Waals surface area contributed by atoms with E-state index in [-0.39, 0.29) is 29.2 Å². The number of nitriles is 1. The fraction of sp³-hybridized carbons (Fsp3) is 0.367. The number of unbranched alkanes of at least 4 members (excludes halogenated alkanes) is 3. The Morgan fingerprint density at radius 2 is 2.12 bits per heavy atom. The number of amides is 1. The van der Waals surface area contributed by atoms with Gasteiger partial charge in [0.2, 0.25) is 5.91 Å². The molecule has 1 amide bonds. The zero-order valence-electron chi connectivity index (χ0n) is 22.6. The Kier molecular flexibility index (Phi) is 11.3. The van der Waals surface area contributed by atoms with Crippen molar-refractivity contribution in [1.29, 1.82) is 5.26 Å². The number of fused-ring (bicyclic) bond motifs is 1. The van der Waals surface area contributed by atoms with Gasteiger partial charge in [-0.05, 0) is 43.7 Å². The Labute approximate surface area is 243 Å². The molecule has 216 valence electrons. The van der Waals surface area contributed by atoms with Crippen molar-refractivity contribution in [2.45, 2.75) is 38.2 Å². The summed E-state index contributed by atoms with van der Waals surface area (Å²) in [5.74, 6) is -0.462. The molecule has 41 heavy (non-hydrogen) atoms. The molecule has 11 heteroatoms. The number of aliphatic hydroxyl groups excluding tert-OH is 1. The van der Waals surface area contributed by atoms with Gasteiger partial charge in [0.25, 0.3) is 0 Å². The maximum Gasteiger partial charge on any atom is 0.248 e. The van der Waals surface area contributed by atoms with Gasteiger partial charge in [-0.3, -0.25) is 9.78 Å². The number of halogens is 2. The number of anilines is 3. The zero-order valence-corrected chi connectivity index (χ0v) is 23.3. The number of hydrogen-bond donors (Lipinski definition) is 4. The first-order chi connectivity index (χ1) is 20.0. The van der Waals surface area contributed by atoms with Crippen molar-refractivity contribution in [3.63, 3.8) is 0 Å². The van der Waals surface area contributed by atoms with Crippen molar-refractivity contribution in [2.24, 2.45) is 0 Å². The van der Waals surface area contributed by atoms with Gasteiger partial charge in [-0.15, -0.1) is 0 Å². The number of benzene rings is 2. The number of pyridine rings is 1. The van der Waals surface area contributed by atoms with Crippen LogP contribution in [0.3, 0.4) is 0 Å².